The molecule has 2 rings (SSSR count). The zero-order valence-corrected chi connectivity index (χ0v) is 15.4. The molecule has 1 atom stereocenters. The third-order valence-corrected chi connectivity index (χ3v) is 4.42. The fraction of sp³-hybridized carbons (Fsp3) is 0.250. The van der Waals surface area contributed by atoms with Gasteiger partial charge in [0.05, 0.1) is 0 Å². The van der Waals surface area contributed by atoms with Crippen LogP contribution in [0.3, 0.4) is 0 Å². The van der Waals surface area contributed by atoms with Crippen molar-refractivity contribution in [3.8, 4) is 0 Å². The molecule has 0 bridgehead atoms. The van der Waals surface area contributed by atoms with E-state index in [1.54, 1.807) is 18.2 Å². The number of nitrogens with zero attached hydrogens (tertiary/aromatic N) is 1. The summed E-state index contributed by atoms with van der Waals surface area (Å²) in [4.78, 5) is 14.9. The van der Waals surface area contributed by atoms with Gasteiger partial charge in [-0.25, -0.2) is 0 Å². The average molecular weight is 362 g/mol. The van der Waals surface area contributed by atoms with Gasteiger partial charge in [0, 0.05) is 34.5 Å². The summed E-state index contributed by atoms with van der Waals surface area (Å²) in [6.07, 6.45) is 2.09. The molecule has 0 amide bonds. The number of allylic oxidation sites excluding steroid dienone is 1. The Kier molecular flexibility index (Phi) is 6.61. The Morgan fingerprint density at radius 1 is 1.21 bits per heavy atom. The molecule has 1 unspecified atom stereocenters. The molecule has 0 radical (unpaired) electrons. The monoisotopic (exact) mass is 361 g/mol. The Labute approximate surface area is 153 Å². The number of carbonyl (C=O) groups is 1. The molecule has 24 heavy (non-hydrogen) atoms. The van der Waals surface area contributed by atoms with Gasteiger partial charge in [-0.15, -0.1) is 6.58 Å². The molecule has 0 saturated heterocycles. The van der Waals surface area contributed by atoms with Crippen LogP contribution in [0.4, 0.5) is 0 Å². The lowest BCUT2D eigenvalue weighted by Crippen LogP contribution is -2.15. The number of hydrogen-bond donors (Lipinski definition) is 0. The third kappa shape index (κ3) is 4.70. The predicted molar refractivity (Wildman–Crippen MR) is 102 cm³/mol. The van der Waals surface area contributed by atoms with E-state index < -0.39 is 0 Å². The molecule has 0 aliphatic heterocycles. The van der Waals surface area contributed by atoms with Crippen LogP contribution in [-0.4, -0.2) is 24.8 Å². The Hall–Kier alpha value is -1.61. The largest absolute Gasteiger partial charge is 0.305 e. The summed E-state index contributed by atoms with van der Waals surface area (Å²) in [5.74, 6) is -0.0574. The number of hydrogen-bond acceptors (Lipinski definition) is 2. The summed E-state index contributed by atoms with van der Waals surface area (Å²) >= 11 is 12.2. The second-order valence-electron chi connectivity index (χ2n) is 6.03. The van der Waals surface area contributed by atoms with Gasteiger partial charge in [0.1, 0.15) is 0 Å². The highest BCUT2D eigenvalue weighted by Gasteiger charge is 2.19. The highest BCUT2D eigenvalue weighted by Crippen LogP contribution is 2.31. The minimum atomic E-state index is -0.144. The molecular weight excluding hydrogens is 341 g/mol. The topological polar surface area (TPSA) is 20.3 Å². The van der Waals surface area contributed by atoms with Crippen molar-refractivity contribution in [2.75, 3.05) is 14.1 Å². The molecule has 4 heteroatoms. The average Bonchev–Trinajstić information content (AvgIpc) is 2.53. The Morgan fingerprint density at radius 2 is 1.92 bits per heavy atom. The first-order chi connectivity index (χ1) is 11.4. The fourth-order valence-electron chi connectivity index (χ4n) is 2.70. The Balaban J connectivity index is 2.26. The first kappa shape index (κ1) is 18.7. The first-order valence-electron chi connectivity index (χ1n) is 7.75. The van der Waals surface area contributed by atoms with Crippen LogP contribution in [0.2, 0.25) is 10.0 Å². The van der Waals surface area contributed by atoms with Crippen molar-refractivity contribution in [3.05, 3.63) is 81.9 Å². The summed E-state index contributed by atoms with van der Waals surface area (Å²) in [7, 11) is 3.97. The number of Topliss-reactive ketones (excluding diaryl/α,β-unsaturated/α-hetero) is 1. The smallest absolute Gasteiger partial charge is 0.164 e. The lowest BCUT2D eigenvalue weighted by molar-refractivity contribution is 0.0977. The van der Waals surface area contributed by atoms with E-state index >= 15 is 0 Å². The van der Waals surface area contributed by atoms with Gasteiger partial charge in [-0.1, -0.05) is 59.6 Å². The number of benzene rings is 2. The normalized spacial score (nSPS) is 12.2. The first-order valence-corrected chi connectivity index (χ1v) is 8.51. The zero-order chi connectivity index (χ0) is 17.7. The van der Waals surface area contributed by atoms with Crippen LogP contribution in [0.5, 0.6) is 0 Å². The van der Waals surface area contributed by atoms with Crippen LogP contribution in [-0.2, 0) is 6.54 Å². The molecule has 0 saturated carbocycles. The second-order valence-corrected chi connectivity index (χ2v) is 6.87. The summed E-state index contributed by atoms with van der Waals surface area (Å²) in [6.45, 7) is 4.59. The van der Waals surface area contributed by atoms with Gasteiger partial charge in [0.25, 0.3) is 0 Å². The van der Waals surface area contributed by atoms with Gasteiger partial charge in [-0.3, -0.25) is 4.79 Å². The van der Waals surface area contributed by atoms with E-state index in [0.29, 0.717) is 16.5 Å². The lowest BCUT2D eigenvalue weighted by Gasteiger charge is -2.17. The van der Waals surface area contributed by atoms with E-state index in [-0.39, 0.29) is 11.7 Å². The second kappa shape index (κ2) is 8.48. The van der Waals surface area contributed by atoms with Gasteiger partial charge in [-0.05, 0) is 37.4 Å². The number of rotatable bonds is 7. The summed E-state index contributed by atoms with van der Waals surface area (Å²) in [5.41, 5.74) is 2.65. The zero-order valence-electron chi connectivity index (χ0n) is 13.9. The number of ketones is 1. The van der Waals surface area contributed by atoms with Crippen LogP contribution in [0.15, 0.2) is 55.1 Å². The molecule has 0 heterocycles. The van der Waals surface area contributed by atoms with E-state index in [1.165, 1.54) is 0 Å². The van der Waals surface area contributed by atoms with E-state index in [2.05, 4.69) is 6.58 Å². The molecule has 0 fully saturated rings. The van der Waals surface area contributed by atoms with E-state index in [1.807, 2.05) is 49.3 Å². The molecule has 0 spiro atoms. The van der Waals surface area contributed by atoms with E-state index in [0.717, 1.165) is 23.2 Å². The van der Waals surface area contributed by atoms with Crippen LogP contribution < -0.4 is 0 Å². The standard InChI is InChI=1S/C20H21Cl2NO/c1-4-14(17-10-9-16(21)12-19(17)22)11-20(24)18-8-6-5-7-15(18)13-23(2)3/h4-10,12,14H,1,11,13H2,2-3H3. The maximum atomic E-state index is 12.8. The maximum absolute atomic E-state index is 12.8. The Morgan fingerprint density at radius 3 is 2.54 bits per heavy atom. The van der Waals surface area contributed by atoms with Crippen molar-refractivity contribution in [1.82, 2.24) is 4.90 Å². The van der Waals surface area contributed by atoms with Crippen LogP contribution in [0, 0.1) is 0 Å². The molecule has 2 aromatic carbocycles. The van der Waals surface area contributed by atoms with E-state index in [4.69, 9.17) is 23.2 Å². The highest BCUT2D eigenvalue weighted by molar-refractivity contribution is 6.35. The van der Waals surface area contributed by atoms with Gasteiger partial charge < -0.3 is 4.90 Å². The maximum Gasteiger partial charge on any atom is 0.164 e. The highest BCUT2D eigenvalue weighted by atomic mass is 35.5. The van der Waals surface area contributed by atoms with Gasteiger partial charge in [0.2, 0.25) is 0 Å². The Bertz CT molecular complexity index is 740. The fourth-order valence-corrected chi connectivity index (χ4v) is 3.25. The van der Waals surface area contributed by atoms with Crippen molar-refractivity contribution >= 4 is 29.0 Å². The predicted octanol–water partition coefficient (Wildman–Crippen LogP) is 5.60. The van der Waals surface area contributed by atoms with Crippen molar-refractivity contribution in [2.24, 2.45) is 0 Å². The van der Waals surface area contributed by atoms with Crippen molar-refractivity contribution in [1.29, 1.82) is 0 Å². The van der Waals surface area contributed by atoms with Crippen molar-refractivity contribution in [3.63, 3.8) is 0 Å². The van der Waals surface area contributed by atoms with Crippen molar-refractivity contribution in [2.45, 2.75) is 18.9 Å². The van der Waals surface area contributed by atoms with E-state index in [9.17, 15) is 4.79 Å². The summed E-state index contributed by atoms with van der Waals surface area (Å²) in [6, 6.07) is 13.1. The number of carbonyl (C=O) groups excluding carboxylic acids is 1. The summed E-state index contributed by atoms with van der Waals surface area (Å²) < 4.78 is 0. The molecule has 0 aromatic heterocycles. The van der Waals surface area contributed by atoms with Crippen molar-refractivity contribution < 1.29 is 4.79 Å². The SMILES string of the molecule is C=CC(CC(=O)c1ccccc1CN(C)C)c1ccc(Cl)cc1Cl. The van der Waals surface area contributed by atoms with Gasteiger partial charge >= 0.3 is 0 Å². The molecule has 0 aliphatic carbocycles. The minimum Gasteiger partial charge on any atom is -0.305 e. The van der Waals surface area contributed by atoms with Crippen LogP contribution in [0.25, 0.3) is 0 Å². The number of halogens is 2. The molecule has 0 aliphatic rings. The molecule has 2 nitrogen and oxygen atoms in total. The quantitative estimate of drug-likeness (QED) is 0.472. The molecular formula is C20H21Cl2NO. The lowest BCUT2D eigenvalue weighted by atomic mass is 9.90. The summed E-state index contributed by atoms with van der Waals surface area (Å²) in [5, 5.41) is 1.14. The molecule has 0 N–H and O–H groups in total. The molecule has 2 aromatic rings. The third-order valence-electron chi connectivity index (χ3n) is 3.86. The van der Waals surface area contributed by atoms with Gasteiger partial charge in [-0.2, -0.15) is 0 Å². The molecule has 126 valence electrons. The van der Waals surface area contributed by atoms with Crippen LogP contribution in [0.1, 0.15) is 33.8 Å². The van der Waals surface area contributed by atoms with Gasteiger partial charge in [0.15, 0.2) is 5.78 Å². The minimum absolute atomic E-state index is 0.0865. The van der Waals surface area contributed by atoms with Crippen LogP contribution >= 0.6 is 23.2 Å².